The van der Waals surface area contributed by atoms with Crippen LogP contribution in [0.2, 0.25) is 0 Å². The molecule has 3 heteroatoms. The maximum atomic E-state index is 11.2. The maximum Gasteiger partial charge on any atom is 0.308 e. The van der Waals surface area contributed by atoms with Gasteiger partial charge in [0.25, 0.3) is 0 Å². The summed E-state index contributed by atoms with van der Waals surface area (Å²) in [5.74, 6) is 2.66. The Bertz CT molecular complexity index is 224. The second-order valence-corrected chi connectivity index (χ2v) is 3.59. The van der Waals surface area contributed by atoms with Gasteiger partial charge in [0.2, 0.25) is 0 Å². The summed E-state index contributed by atoms with van der Waals surface area (Å²) in [6.07, 6.45) is 7.79. The highest BCUT2D eigenvalue weighted by Gasteiger charge is 2.24. The molecule has 78 valence electrons. The van der Waals surface area contributed by atoms with Crippen LogP contribution >= 0.6 is 0 Å². The largest absolute Gasteiger partial charge is 0.469 e. The lowest BCUT2D eigenvalue weighted by Crippen LogP contribution is -2.37. The lowest BCUT2D eigenvalue weighted by molar-refractivity contribution is -0.147. The second kappa shape index (κ2) is 5.66. The van der Waals surface area contributed by atoms with E-state index in [1.54, 1.807) is 0 Å². The molecule has 14 heavy (non-hydrogen) atoms. The number of nitrogens with zero attached hydrogens (tertiary/aromatic N) is 1. The summed E-state index contributed by atoms with van der Waals surface area (Å²) in [5.41, 5.74) is 0. The van der Waals surface area contributed by atoms with Gasteiger partial charge in [0.15, 0.2) is 0 Å². The summed E-state index contributed by atoms with van der Waals surface area (Å²) in [7, 11) is 1.45. The lowest BCUT2D eigenvalue weighted by atomic mass is 9.97. The number of rotatable bonds is 3. The van der Waals surface area contributed by atoms with E-state index in [9.17, 15) is 4.79 Å². The smallest absolute Gasteiger partial charge is 0.308 e. The third-order valence-corrected chi connectivity index (χ3v) is 2.69. The Kier molecular flexibility index (Phi) is 4.48. The molecule has 1 rings (SSSR count). The van der Waals surface area contributed by atoms with Crippen molar-refractivity contribution in [1.29, 1.82) is 0 Å². The molecule has 1 aliphatic heterocycles. The molecular weight excluding hydrogens is 178 g/mol. The molecule has 0 bridgehead atoms. The number of carbonyl (C=O) groups is 1. The number of methoxy groups -OCH3 is 1. The van der Waals surface area contributed by atoms with Crippen molar-refractivity contribution in [2.24, 2.45) is 5.92 Å². The van der Waals surface area contributed by atoms with Crippen LogP contribution in [0.25, 0.3) is 0 Å². The molecule has 0 N–H and O–H groups in total. The van der Waals surface area contributed by atoms with E-state index in [4.69, 9.17) is 11.2 Å². The molecular formula is C11H17NO2. The highest BCUT2D eigenvalue weighted by molar-refractivity contribution is 5.72. The average Bonchev–Trinajstić information content (AvgIpc) is 2.26. The first-order valence-corrected chi connectivity index (χ1v) is 5.01. The zero-order valence-corrected chi connectivity index (χ0v) is 8.66. The van der Waals surface area contributed by atoms with Crippen LogP contribution in [0.3, 0.4) is 0 Å². The van der Waals surface area contributed by atoms with E-state index in [0.717, 1.165) is 38.9 Å². The fourth-order valence-corrected chi connectivity index (χ4v) is 1.78. The number of terminal acetylenes is 1. The Morgan fingerprint density at radius 2 is 2.21 bits per heavy atom. The predicted octanol–water partition coefficient (Wildman–Crippen LogP) is 0.895. The van der Waals surface area contributed by atoms with Crippen molar-refractivity contribution in [3.8, 4) is 12.3 Å². The van der Waals surface area contributed by atoms with Gasteiger partial charge in [-0.1, -0.05) is 0 Å². The van der Waals surface area contributed by atoms with Crippen LogP contribution in [0.4, 0.5) is 0 Å². The fraction of sp³-hybridized carbons (Fsp3) is 0.727. The second-order valence-electron chi connectivity index (χ2n) is 3.59. The Morgan fingerprint density at radius 3 is 2.71 bits per heavy atom. The highest BCUT2D eigenvalue weighted by Crippen LogP contribution is 2.18. The van der Waals surface area contributed by atoms with E-state index >= 15 is 0 Å². The quantitative estimate of drug-likeness (QED) is 0.495. The first kappa shape index (κ1) is 11.1. The van der Waals surface area contributed by atoms with Crippen LogP contribution < -0.4 is 0 Å². The van der Waals surface area contributed by atoms with Crippen molar-refractivity contribution in [3.05, 3.63) is 0 Å². The van der Waals surface area contributed by atoms with Gasteiger partial charge in [-0.3, -0.25) is 4.79 Å². The van der Waals surface area contributed by atoms with Crippen molar-refractivity contribution < 1.29 is 9.53 Å². The van der Waals surface area contributed by atoms with Crippen LogP contribution in [0.5, 0.6) is 0 Å². The Balaban J connectivity index is 2.25. The van der Waals surface area contributed by atoms with E-state index in [1.165, 1.54) is 7.11 Å². The van der Waals surface area contributed by atoms with Crippen LogP contribution in [-0.4, -0.2) is 37.6 Å². The zero-order valence-electron chi connectivity index (χ0n) is 8.66. The molecule has 0 atom stereocenters. The van der Waals surface area contributed by atoms with E-state index in [1.807, 2.05) is 0 Å². The van der Waals surface area contributed by atoms with Crippen molar-refractivity contribution in [2.75, 3.05) is 26.7 Å². The molecule has 0 amide bonds. The molecule has 0 aliphatic carbocycles. The Hall–Kier alpha value is -1.01. The summed E-state index contributed by atoms with van der Waals surface area (Å²) < 4.78 is 4.72. The minimum Gasteiger partial charge on any atom is -0.469 e. The van der Waals surface area contributed by atoms with Crippen molar-refractivity contribution in [2.45, 2.75) is 19.3 Å². The first-order valence-electron chi connectivity index (χ1n) is 5.01. The van der Waals surface area contributed by atoms with E-state index < -0.39 is 0 Å². The van der Waals surface area contributed by atoms with E-state index in [2.05, 4.69) is 10.8 Å². The van der Waals surface area contributed by atoms with Crippen LogP contribution in [-0.2, 0) is 9.53 Å². The molecule has 0 aromatic heterocycles. The third-order valence-electron chi connectivity index (χ3n) is 2.69. The van der Waals surface area contributed by atoms with Gasteiger partial charge in [-0.25, -0.2) is 0 Å². The number of hydrogen-bond acceptors (Lipinski definition) is 3. The fourth-order valence-electron chi connectivity index (χ4n) is 1.78. The molecule has 0 aromatic carbocycles. The minimum absolute atomic E-state index is 0.0680. The maximum absolute atomic E-state index is 11.2. The van der Waals surface area contributed by atoms with E-state index in [-0.39, 0.29) is 11.9 Å². The molecule has 1 aliphatic rings. The Morgan fingerprint density at radius 1 is 1.57 bits per heavy atom. The third kappa shape index (κ3) is 3.04. The predicted molar refractivity (Wildman–Crippen MR) is 54.6 cm³/mol. The number of likely N-dealkylation sites (tertiary alicyclic amines) is 1. The van der Waals surface area contributed by atoms with Crippen LogP contribution in [0, 0.1) is 18.3 Å². The highest BCUT2D eigenvalue weighted by atomic mass is 16.5. The van der Waals surface area contributed by atoms with Crippen molar-refractivity contribution in [3.63, 3.8) is 0 Å². The number of piperidine rings is 1. The monoisotopic (exact) mass is 195 g/mol. The van der Waals surface area contributed by atoms with Gasteiger partial charge < -0.3 is 9.64 Å². The molecule has 3 nitrogen and oxygen atoms in total. The molecule has 1 saturated heterocycles. The minimum atomic E-state index is -0.0680. The summed E-state index contributed by atoms with van der Waals surface area (Å²) in [5, 5.41) is 0. The molecule has 0 aromatic rings. The topological polar surface area (TPSA) is 29.5 Å². The van der Waals surface area contributed by atoms with Crippen molar-refractivity contribution >= 4 is 5.97 Å². The van der Waals surface area contributed by atoms with Crippen molar-refractivity contribution in [1.82, 2.24) is 4.90 Å². The molecule has 0 radical (unpaired) electrons. The molecule has 1 fully saturated rings. The van der Waals surface area contributed by atoms with Gasteiger partial charge in [-0.2, -0.15) is 0 Å². The summed E-state index contributed by atoms with van der Waals surface area (Å²) in [6.45, 7) is 2.87. The number of hydrogen-bond donors (Lipinski definition) is 0. The zero-order chi connectivity index (χ0) is 10.4. The van der Waals surface area contributed by atoms with Gasteiger partial charge >= 0.3 is 5.97 Å². The number of esters is 1. The Labute approximate surface area is 85.4 Å². The lowest BCUT2D eigenvalue weighted by Gasteiger charge is -2.29. The van der Waals surface area contributed by atoms with Gasteiger partial charge in [0, 0.05) is 13.0 Å². The summed E-state index contributed by atoms with van der Waals surface area (Å²) in [4.78, 5) is 13.5. The van der Waals surface area contributed by atoms with Gasteiger partial charge in [0.1, 0.15) is 0 Å². The van der Waals surface area contributed by atoms with Crippen LogP contribution in [0.1, 0.15) is 19.3 Å². The molecule has 0 saturated carbocycles. The van der Waals surface area contributed by atoms with Gasteiger partial charge in [-0.15, -0.1) is 12.3 Å². The molecule has 0 unspecified atom stereocenters. The normalized spacial score (nSPS) is 18.9. The first-order chi connectivity index (χ1) is 6.77. The van der Waals surface area contributed by atoms with E-state index in [0.29, 0.717) is 0 Å². The molecule has 0 spiro atoms. The summed E-state index contributed by atoms with van der Waals surface area (Å²) >= 11 is 0. The standard InChI is InChI=1S/C11H17NO2/c1-3-4-7-12-8-5-10(6-9-12)11(13)14-2/h1,10H,4-9H2,2H3. The van der Waals surface area contributed by atoms with Gasteiger partial charge in [0.05, 0.1) is 13.0 Å². The SMILES string of the molecule is C#CCCN1CCC(C(=O)OC)CC1. The number of carbonyl (C=O) groups excluding carboxylic acids is 1. The average molecular weight is 195 g/mol. The summed E-state index contributed by atoms with van der Waals surface area (Å²) in [6, 6.07) is 0. The van der Waals surface area contributed by atoms with Crippen LogP contribution in [0.15, 0.2) is 0 Å². The van der Waals surface area contributed by atoms with Gasteiger partial charge in [-0.05, 0) is 25.9 Å². The number of ether oxygens (including phenoxy) is 1. The molecule has 1 heterocycles.